The van der Waals surface area contributed by atoms with Crippen LogP contribution >= 0.6 is 0 Å². The smallest absolute Gasteiger partial charge is 0.0540 e. The van der Waals surface area contributed by atoms with Crippen molar-refractivity contribution in [1.82, 2.24) is 0 Å². The maximum Gasteiger partial charge on any atom is 0.0540 e. The van der Waals surface area contributed by atoms with E-state index >= 15 is 0 Å². The minimum atomic E-state index is 0.961. The number of benzene rings is 6. The van der Waals surface area contributed by atoms with Crippen molar-refractivity contribution in [2.45, 2.75) is 12.8 Å². The predicted molar refractivity (Wildman–Crippen MR) is 198 cm³/mol. The number of allylic oxidation sites excluding steroid dienone is 4. The summed E-state index contributed by atoms with van der Waals surface area (Å²) in [5, 5.41) is 2.38. The van der Waals surface area contributed by atoms with Crippen LogP contribution in [0.2, 0.25) is 0 Å². The minimum Gasteiger partial charge on any atom is -0.310 e. The second kappa shape index (κ2) is 13.0. The largest absolute Gasteiger partial charge is 0.310 e. The zero-order valence-corrected chi connectivity index (χ0v) is 25.9. The quantitative estimate of drug-likeness (QED) is 0.154. The monoisotopic (exact) mass is 592 g/mol. The Hall–Kier alpha value is -5.86. The predicted octanol–water partition coefficient (Wildman–Crippen LogP) is 12.0. The van der Waals surface area contributed by atoms with Crippen LogP contribution in [0.25, 0.3) is 27.6 Å². The van der Waals surface area contributed by atoms with Crippen LogP contribution in [0.3, 0.4) is 0 Å². The number of nitrogens with zero attached hydrogens (tertiary/aromatic N) is 2. The van der Waals surface area contributed by atoms with E-state index in [1.54, 1.807) is 0 Å². The fourth-order valence-corrected chi connectivity index (χ4v) is 6.47. The number of aryl methyl sites for hydroxylation is 1. The molecule has 0 heterocycles. The molecule has 0 spiro atoms. The Bertz CT molecular complexity index is 2060. The van der Waals surface area contributed by atoms with Gasteiger partial charge in [0.2, 0.25) is 0 Å². The Balaban J connectivity index is 1.24. The number of rotatable bonds is 9. The lowest BCUT2D eigenvalue weighted by Crippen LogP contribution is -2.18. The summed E-state index contributed by atoms with van der Waals surface area (Å²) < 4.78 is 0. The SMILES string of the molecule is C=C/C=C(\C=C)N(c1ccc(-c2ccc(N(C3=CCCc4ccccc43)c3ccccc3)cc2)cc1)c1cccc2ccccc12. The van der Waals surface area contributed by atoms with E-state index < -0.39 is 0 Å². The van der Waals surface area contributed by atoms with Crippen molar-refractivity contribution in [3.63, 3.8) is 0 Å². The third kappa shape index (κ3) is 5.58. The van der Waals surface area contributed by atoms with Gasteiger partial charge in [-0.2, -0.15) is 0 Å². The Morgan fingerprint density at radius 1 is 0.587 bits per heavy atom. The van der Waals surface area contributed by atoms with Crippen molar-refractivity contribution < 1.29 is 0 Å². The number of hydrogen-bond donors (Lipinski definition) is 0. The van der Waals surface area contributed by atoms with Gasteiger partial charge in [0.05, 0.1) is 5.69 Å². The second-order valence-corrected chi connectivity index (χ2v) is 11.4. The van der Waals surface area contributed by atoms with Crippen molar-refractivity contribution in [1.29, 1.82) is 0 Å². The Kier molecular flexibility index (Phi) is 8.17. The molecule has 0 saturated heterocycles. The van der Waals surface area contributed by atoms with Gasteiger partial charge in [-0.15, -0.1) is 0 Å². The third-order valence-electron chi connectivity index (χ3n) is 8.65. The van der Waals surface area contributed by atoms with Gasteiger partial charge in [-0.05, 0) is 89.5 Å². The first-order valence-corrected chi connectivity index (χ1v) is 15.8. The molecule has 0 unspecified atom stereocenters. The lowest BCUT2D eigenvalue weighted by Gasteiger charge is -2.31. The van der Waals surface area contributed by atoms with Crippen LogP contribution in [0, 0.1) is 0 Å². The first-order valence-electron chi connectivity index (χ1n) is 15.8. The normalized spacial score (nSPS) is 12.6. The van der Waals surface area contributed by atoms with Crippen molar-refractivity contribution in [3.05, 3.63) is 200 Å². The molecule has 0 saturated carbocycles. The fourth-order valence-electron chi connectivity index (χ4n) is 6.47. The maximum atomic E-state index is 4.12. The van der Waals surface area contributed by atoms with Crippen LogP contribution in [-0.2, 0) is 6.42 Å². The number of anilines is 4. The van der Waals surface area contributed by atoms with E-state index in [9.17, 15) is 0 Å². The molecule has 0 bridgehead atoms. The number of para-hydroxylation sites is 1. The van der Waals surface area contributed by atoms with Crippen LogP contribution in [0.5, 0.6) is 0 Å². The molecule has 6 aromatic rings. The second-order valence-electron chi connectivity index (χ2n) is 11.4. The molecular formula is C44H36N2. The fraction of sp³-hybridized carbons (Fsp3) is 0.0455. The molecule has 0 aromatic heterocycles. The molecule has 0 amide bonds. The molecule has 0 N–H and O–H groups in total. The van der Waals surface area contributed by atoms with Gasteiger partial charge in [-0.3, -0.25) is 0 Å². The molecule has 6 aromatic carbocycles. The van der Waals surface area contributed by atoms with Crippen LogP contribution in [-0.4, -0.2) is 0 Å². The van der Waals surface area contributed by atoms with Gasteiger partial charge < -0.3 is 9.80 Å². The van der Waals surface area contributed by atoms with E-state index in [4.69, 9.17) is 0 Å². The number of hydrogen-bond acceptors (Lipinski definition) is 2. The zero-order chi connectivity index (χ0) is 31.3. The lowest BCUT2D eigenvalue weighted by atomic mass is 9.93. The highest BCUT2D eigenvalue weighted by atomic mass is 15.2. The van der Waals surface area contributed by atoms with E-state index in [1.165, 1.54) is 33.2 Å². The summed E-state index contributed by atoms with van der Waals surface area (Å²) in [7, 11) is 0. The maximum absolute atomic E-state index is 4.12. The molecule has 2 heteroatoms. The average Bonchev–Trinajstić information content (AvgIpc) is 3.13. The first kappa shape index (κ1) is 28.9. The van der Waals surface area contributed by atoms with Gasteiger partial charge in [0.15, 0.2) is 0 Å². The van der Waals surface area contributed by atoms with Crippen LogP contribution in [0.1, 0.15) is 17.5 Å². The molecule has 7 rings (SSSR count). The highest BCUT2D eigenvalue weighted by Gasteiger charge is 2.21. The average molecular weight is 593 g/mol. The lowest BCUT2D eigenvalue weighted by molar-refractivity contribution is 0.968. The topological polar surface area (TPSA) is 6.48 Å². The van der Waals surface area contributed by atoms with Crippen molar-refractivity contribution in [2.24, 2.45) is 0 Å². The zero-order valence-electron chi connectivity index (χ0n) is 25.9. The van der Waals surface area contributed by atoms with E-state index in [0.717, 1.165) is 46.9 Å². The minimum absolute atomic E-state index is 0.961. The summed E-state index contributed by atoms with van der Waals surface area (Å²) in [6.45, 7) is 8.08. The summed E-state index contributed by atoms with van der Waals surface area (Å²) in [6, 6.07) is 52.0. The molecule has 1 aliphatic carbocycles. The standard InChI is InChI=1S/C44H36N2/c1-3-14-37(4-2)45(43-23-12-17-35-15-8-10-21-41(35)43)39-29-25-33(26-30-39)34-27-31-40(32-28-34)46(38-19-6-5-7-20-38)44-24-13-18-36-16-9-11-22-42(36)44/h3-12,14-17,19-32H,1-2,13,18H2/b37-14+. The summed E-state index contributed by atoms with van der Waals surface area (Å²) in [5.74, 6) is 0. The summed E-state index contributed by atoms with van der Waals surface area (Å²) in [4.78, 5) is 4.63. The van der Waals surface area contributed by atoms with E-state index in [-0.39, 0.29) is 0 Å². The summed E-state index contributed by atoms with van der Waals surface area (Å²) >= 11 is 0. The summed E-state index contributed by atoms with van der Waals surface area (Å²) in [6.07, 6.45) is 10.2. The summed E-state index contributed by atoms with van der Waals surface area (Å²) in [5.41, 5.74) is 11.7. The molecule has 0 atom stereocenters. The molecule has 2 nitrogen and oxygen atoms in total. The van der Waals surface area contributed by atoms with Gasteiger partial charge in [-0.25, -0.2) is 0 Å². The Labute approximate surface area is 272 Å². The molecule has 1 aliphatic rings. The molecule has 222 valence electrons. The first-order chi connectivity index (χ1) is 22.7. The van der Waals surface area contributed by atoms with Gasteiger partial charge in [-0.1, -0.05) is 128 Å². The van der Waals surface area contributed by atoms with Gasteiger partial charge >= 0.3 is 0 Å². The van der Waals surface area contributed by atoms with Crippen molar-refractivity contribution >= 4 is 39.2 Å². The third-order valence-corrected chi connectivity index (χ3v) is 8.65. The Morgan fingerprint density at radius 3 is 1.96 bits per heavy atom. The van der Waals surface area contributed by atoms with Crippen molar-refractivity contribution in [2.75, 3.05) is 9.80 Å². The molecule has 0 radical (unpaired) electrons. The van der Waals surface area contributed by atoms with Gasteiger partial charge in [0, 0.05) is 39.4 Å². The van der Waals surface area contributed by atoms with E-state index in [2.05, 4.69) is 175 Å². The molecule has 46 heavy (non-hydrogen) atoms. The van der Waals surface area contributed by atoms with E-state index in [1.807, 2.05) is 18.2 Å². The molecule has 0 aliphatic heterocycles. The van der Waals surface area contributed by atoms with Crippen molar-refractivity contribution in [3.8, 4) is 11.1 Å². The molecule has 0 fully saturated rings. The van der Waals surface area contributed by atoms with Crippen LogP contribution in [0.4, 0.5) is 22.7 Å². The molecular weight excluding hydrogens is 556 g/mol. The number of fused-ring (bicyclic) bond motifs is 2. The van der Waals surface area contributed by atoms with Gasteiger partial charge in [0.25, 0.3) is 0 Å². The highest BCUT2D eigenvalue weighted by molar-refractivity contribution is 5.97. The van der Waals surface area contributed by atoms with Crippen LogP contribution in [0.15, 0.2) is 189 Å². The van der Waals surface area contributed by atoms with E-state index in [0.29, 0.717) is 0 Å². The van der Waals surface area contributed by atoms with Gasteiger partial charge in [0.1, 0.15) is 0 Å². The highest BCUT2D eigenvalue weighted by Crippen LogP contribution is 2.40. The van der Waals surface area contributed by atoms with Crippen LogP contribution < -0.4 is 9.80 Å². The Morgan fingerprint density at radius 2 is 1.22 bits per heavy atom.